The van der Waals surface area contributed by atoms with Crippen molar-refractivity contribution in [3.8, 4) is 0 Å². The van der Waals surface area contributed by atoms with Crippen LogP contribution in [0.2, 0.25) is 0 Å². The first-order chi connectivity index (χ1) is 23.0. The van der Waals surface area contributed by atoms with E-state index in [4.69, 9.17) is 9.47 Å². The fraction of sp³-hybridized carbons (Fsp3) is 0.622. The van der Waals surface area contributed by atoms with Crippen LogP contribution in [-0.2, 0) is 28.7 Å². The van der Waals surface area contributed by atoms with Gasteiger partial charge in [-0.25, -0.2) is 0 Å². The summed E-state index contributed by atoms with van der Waals surface area (Å²) >= 11 is 3.63. The third kappa shape index (κ3) is 6.74. The summed E-state index contributed by atoms with van der Waals surface area (Å²) in [5.74, 6) is -3.34. The molecule has 5 bridgehead atoms. The molecule has 10 nitrogen and oxygen atoms in total. The van der Waals surface area contributed by atoms with Gasteiger partial charge in [-0.3, -0.25) is 19.2 Å². The number of amides is 3. The summed E-state index contributed by atoms with van der Waals surface area (Å²) in [5, 5.41) is 10.7. The molecule has 0 radical (unpaired) electrons. The van der Waals surface area contributed by atoms with Crippen molar-refractivity contribution in [2.24, 2.45) is 17.8 Å². The number of hydrogen-bond donors (Lipinski definition) is 1. The molecule has 0 aromatic heterocycles. The van der Waals surface area contributed by atoms with Crippen LogP contribution in [0, 0.1) is 17.8 Å². The van der Waals surface area contributed by atoms with Crippen LogP contribution in [0.3, 0.4) is 0 Å². The van der Waals surface area contributed by atoms with E-state index in [1.807, 2.05) is 63.3 Å². The number of benzene rings is 1. The third-order valence-electron chi connectivity index (χ3n) is 10.4. The van der Waals surface area contributed by atoms with E-state index >= 15 is 0 Å². The first-order valence-corrected chi connectivity index (χ1v) is 18.2. The van der Waals surface area contributed by atoms with Gasteiger partial charge in [-0.05, 0) is 43.7 Å². The summed E-state index contributed by atoms with van der Waals surface area (Å²) in [7, 11) is 1.71. The Balaban J connectivity index is 1.64. The summed E-state index contributed by atoms with van der Waals surface area (Å²) < 4.78 is 13.6. The Labute approximate surface area is 292 Å². The number of aliphatic hydroxyl groups excluding tert-OH is 1. The molecule has 5 rings (SSSR count). The van der Waals surface area contributed by atoms with Gasteiger partial charge in [0, 0.05) is 31.0 Å². The maximum Gasteiger partial charge on any atom is 0.313 e. The summed E-state index contributed by atoms with van der Waals surface area (Å²) in [4.78, 5) is 62.3. The lowest BCUT2D eigenvalue weighted by Crippen LogP contribution is -2.58. The lowest BCUT2D eigenvalue weighted by atomic mass is 9.74. The lowest BCUT2D eigenvalue weighted by Gasteiger charge is -2.39. The van der Waals surface area contributed by atoms with Crippen LogP contribution in [0.1, 0.15) is 77.9 Å². The number of allylic oxidation sites excluding steroid dienone is 1. The molecule has 1 aromatic rings. The SMILES string of the molecule is CCCCCN1C/C=C\CCC(=O)N(C)[C@@H](C)[C@H](c2ccccc2)OC(=O)[C@H]2[C@@H]3O[C@@]4(C=C3Br)[C@@H]2C(=O)N([C@@H](CO)CC(C)C)[C@@H]4C1=O. The zero-order chi connectivity index (χ0) is 34.7. The minimum Gasteiger partial charge on any atom is -0.455 e. The van der Waals surface area contributed by atoms with Crippen molar-refractivity contribution in [3.05, 3.63) is 58.6 Å². The second-order valence-corrected chi connectivity index (χ2v) is 15.0. The van der Waals surface area contributed by atoms with E-state index in [9.17, 15) is 24.3 Å². The van der Waals surface area contributed by atoms with Gasteiger partial charge in [-0.15, -0.1) is 0 Å². The minimum atomic E-state index is -1.42. The molecule has 3 amide bonds. The number of carbonyl (C=O) groups excluding carboxylic acids is 4. The van der Waals surface area contributed by atoms with Crippen molar-refractivity contribution in [3.63, 3.8) is 0 Å². The molecule has 8 atom stereocenters. The molecule has 4 aliphatic rings. The van der Waals surface area contributed by atoms with Crippen LogP contribution in [0.25, 0.3) is 0 Å². The number of esters is 1. The van der Waals surface area contributed by atoms with Gasteiger partial charge in [0.15, 0.2) is 0 Å². The number of unbranched alkanes of at least 4 members (excludes halogenated alkanes) is 2. The molecule has 4 heterocycles. The number of hydrogen-bond acceptors (Lipinski definition) is 7. The zero-order valence-corrected chi connectivity index (χ0v) is 30.3. The lowest BCUT2D eigenvalue weighted by molar-refractivity contribution is -0.164. The molecule has 0 aliphatic carbocycles. The summed E-state index contributed by atoms with van der Waals surface area (Å²) in [5.41, 5.74) is -0.704. The van der Waals surface area contributed by atoms with Crippen molar-refractivity contribution < 1.29 is 33.8 Å². The van der Waals surface area contributed by atoms with Gasteiger partial charge in [0.25, 0.3) is 0 Å². The molecule has 2 saturated heterocycles. The molecule has 4 aliphatic heterocycles. The fourth-order valence-electron chi connectivity index (χ4n) is 7.86. The third-order valence-corrected chi connectivity index (χ3v) is 11.1. The quantitative estimate of drug-likeness (QED) is 0.222. The number of carbonyl (C=O) groups is 4. The normalized spacial score (nSPS) is 32.5. The molecular weight excluding hydrogens is 678 g/mol. The summed E-state index contributed by atoms with van der Waals surface area (Å²) in [6.45, 7) is 8.41. The molecule has 1 N–H and O–H groups in total. The molecule has 11 heteroatoms. The van der Waals surface area contributed by atoms with E-state index in [0.29, 0.717) is 30.4 Å². The van der Waals surface area contributed by atoms with Gasteiger partial charge >= 0.3 is 5.97 Å². The van der Waals surface area contributed by atoms with Crippen molar-refractivity contribution in [1.29, 1.82) is 0 Å². The van der Waals surface area contributed by atoms with E-state index in [1.54, 1.807) is 22.9 Å². The highest BCUT2D eigenvalue weighted by molar-refractivity contribution is 9.11. The smallest absolute Gasteiger partial charge is 0.313 e. The van der Waals surface area contributed by atoms with E-state index < -0.39 is 59.6 Å². The Kier molecular flexibility index (Phi) is 11.5. The molecule has 0 saturated carbocycles. The van der Waals surface area contributed by atoms with Gasteiger partial charge in [0.1, 0.15) is 29.8 Å². The van der Waals surface area contributed by atoms with Gasteiger partial charge in [-0.2, -0.15) is 0 Å². The van der Waals surface area contributed by atoms with Crippen molar-refractivity contribution in [1.82, 2.24) is 14.7 Å². The predicted octanol–water partition coefficient (Wildman–Crippen LogP) is 4.77. The number of nitrogens with zero attached hydrogens (tertiary/aromatic N) is 3. The van der Waals surface area contributed by atoms with E-state index in [2.05, 4.69) is 22.9 Å². The Morgan fingerprint density at radius 3 is 2.44 bits per heavy atom. The number of likely N-dealkylation sites (N-methyl/N-ethyl adjacent to an activating group) is 1. The van der Waals surface area contributed by atoms with Gasteiger partial charge in [0.2, 0.25) is 17.7 Å². The first kappa shape index (κ1) is 36.3. The average molecular weight is 729 g/mol. The van der Waals surface area contributed by atoms with Crippen molar-refractivity contribution in [2.75, 3.05) is 26.7 Å². The number of halogens is 1. The Morgan fingerprint density at radius 2 is 1.77 bits per heavy atom. The second-order valence-electron chi connectivity index (χ2n) is 14.1. The van der Waals surface area contributed by atoms with E-state index in [-0.39, 0.29) is 30.8 Å². The maximum absolute atomic E-state index is 14.9. The van der Waals surface area contributed by atoms with Crippen molar-refractivity contribution in [2.45, 2.75) is 102 Å². The van der Waals surface area contributed by atoms with Crippen LogP contribution in [0.15, 0.2) is 53.0 Å². The van der Waals surface area contributed by atoms with Gasteiger partial charge in [-0.1, -0.05) is 92.0 Å². The van der Waals surface area contributed by atoms with Crippen LogP contribution < -0.4 is 0 Å². The molecule has 2 fully saturated rings. The van der Waals surface area contributed by atoms with Crippen LogP contribution in [0.5, 0.6) is 0 Å². The predicted molar refractivity (Wildman–Crippen MR) is 185 cm³/mol. The maximum atomic E-state index is 14.9. The molecule has 0 unspecified atom stereocenters. The largest absolute Gasteiger partial charge is 0.455 e. The number of aliphatic hydroxyl groups is 1. The zero-order valence-electron chi connectivity index (χ0n) is 28.7. The summed E-state index contributed by atoms with van der Waals surface area (Å²) in [6.07, 6.45) is 7.89. The number of cyclic esters (lactones) is 1. The monoisotopic (exact) mass is 727 g/mol. The Hall–Kier alpha value is -3.02. The Bertz CT molecular complexity index is 1420. The highest BCUT2D eigenvalue weighted by Crippen LogP contribution is 2.59. The second kappa shape index (κ2) is 15.3. The van der Waals surface area contributed by atoms with Crippen molar-refractivity contribution >= 4 is 39.6 Å². The van der Waals surface area contributed by atoms with Crippen LogP contribution in [-0.4, -0.2) is 100 Å². The van der Waals surface area contributed by atoms with Crippen LogP contribution >= 0.6 is 15.9 Å². The highest BCUT2D eigenvalue weighted by Gasteiger charge is 2.75. The average Bonchev–Trinajstić information content (AvgIpc) is 3.67. The van der Waals surface area contributed by atoms with E-state index in [0.717, 1.165) is 24.8 Å². The number of ether oxygens (including phenoxy) is 2. The number of rotatable bonds is 9. The minimum absolute atomic E-state index is 0.0951. The number of likely N-dealkylation sites (tertiary alicyclic amines) is 1. The molecule has 1 aromatic carbocycles. The van der Waals surface area contributed by atoms with Crippen LogP contribution in [0.4, 0.5) is 0 Å². The molecule has 1 spiro atoms. The Morgan fingerprint density at radius 1 is 1.04 bits per heavy atom. The van der Waals surface area contributed by atoms with Gasteiger partial charge in [0.05, 0.1) is 24.6 Å². The highest BCUT2D eigenvalue weighted by atomic mass is 79.9. The fourth-order valence-corrected chi connectivity index (χ4v) is 8.60. The molecule has 262 valence electrons. The van der Waals surface area contributed by atoms with Gasteiger partial charge < -0.3 is 29.3 Å². The molecule has 48 heavy (non-hydrogen) atoms. The topological polar surface area (TPSA) is 117 Å². The first-order valence-electron chi connectivity index (χ1n) is 17.4. The molecular formula is C37H50BrN3O7. The number of fused-ring (bicyclic) bond motifs is 2. The van der Waals surface area contributed by atoms with E-state index in [1.165, 1.54) is 4.90 Å². The standard InChI is InChI=1S/C37H50BrN3O7/c1-6-7-13-18-40-19-14-9-12-17-28(43)39(5)24(4)31(25-15-10-8-11-16-25)47-36(46)29-30-34(44)41(26(22-42)20-23(2)3)33(35(40)45)37(30)21-27(38)32(29)48-37/h8-11,14-16,21,23-24,26,29-33,42H,6-7,12-13,17-20,22H2,1-5H3/b14-9-/t24-,26+,29+,30-,31+,32+,33+,37-/m0/s1. The summed E-state index contributed by atoms with van der Waals surface area (Å²) in [6, 6.07) is 7.05.